The third-order valence-corrected chi connectivity index (χ3v) is 4.72. The van der Waals surface area contributed by atoms with Gasteiger partial charge in [-0.25, -0.2) is 8.42 Å². The Morgan fingerprint density at radius 1 is 1.24 bits per heavy atom. The predicted octanol–water partition coefficient (Wildman–Crippen LogP) is 0.227. The number of ether oxygens (including phenoxy) is 2. The zero-order chi connectivity index (χ0) is 19.2. The van der Waals surface area contributed by atoms with Crippen molar-refractivity contribution in [2.75, 3.05) is 34.1 Å². The van der Waals surface area contributed by atoms with E-state index < -0.39 is 34.5 Å². The minimum Gasteiger partial charge on any atom is -0.493 e. The van der Waals surface area contributed by atoms with Crippen molar-refractivity contribution in [1.82, 2.24) is 9.62 Å². The molecule has 1 amide bonds. The zero-order valence-electron chi connectivity index (χ0n) is 14.5. The molecule has 1 unspecified atom stereocenters. The summed E-state index contributed by atoms with van der Waals surface area (Å²) in [4.78, 5) is 23.2. The number of nitrogens with zero attached hydrogens (tertiary/aromatic N) is 1. The molecule has 1 rings (SSSR count). The summed E-state index contributed by atoms with van der Waals surface area (Å²) in [6.45, 7) is -0.414. The average molecular weight is 374 g/mol. The Balaban J connectivity index is 3.02. The Bertz CT molecular complexity index is 733. The van der Waals surface area contributed by atoms with Crippen molar-refractivity contribution in [3.8, 4) is 11.5 Å². The van der Waals surface area contributed by atoms with Crippen LogP contribution in [0.25, 0.3) is 0 Å². The number of aliphatic carboxylic acids is 1. The molecule has 0 bridgehead atoms. The van der Waals surface area contributed by atoms with E-state index in [1.165, 1.54) is 21.3 Å². The van der Waals surface area contributed by atoms with Gasteiger partial charge in [0.1, 0.15) is 0 Å². The number of carbonyl (C=O) groups is 2. The van der Waals surface area contributed by atoms with Gasteiger partial charge < -0.3 is 19.9 Å². The summed E-state index contributed by atoms with van der Waals surface area (Å²) in [6.07, 6.45) is 0.604. The molecule has 2 N–H and O–H groups in total. The average Bonchev–Trinajstić information content (AvgIpc) is 2.52. The standard InChI is InChI=1S/C15H22N2O7S/c1-17(25(4,21)22)9-14(18)16-11(8-15(19)20)10-5-6-12(23-2)13(7-10)24-3/h5-7,11H,8-9H2,1-4H3,(H,16,18)(H,19,20). The van der Waals surface area contributed by atoms with Crippen LogP contribution in [0, 0.1) is 0 Å². The van der Waals surface area contributed by atoms with Crippen LogP contribution in [0.5, 0.6) is 11.5 Å². The third-order valence-electron chi connectivity index (χ3n) is 3.46. The van der Waals surface area contributed by atoms with Crippen LogP contribution in [0.2, 0.25) is 0 Å². The SMILES string of the molecule is COc1ccc(C(CC(=O)O)NC(=O)CN(C)S(C)(=O)=O)cc1OC. The second kappa shape index (κ2) is 8.67. The second-order valence-electron chi connectivity index (χ2n) is 5.35. The van der Waals surface area contributed by atoms with Crippen LogP contribution in [-0.4, -0.2) is 63.8 Å². The number of carboxylic acids is 1. The first-order chi connectivity index (χ1) is 11.6. The fraction of sp³-hybridized carbons (Fsp3) is 0.467. The maximum atomic E-state index is 12.1. The third kappa shape index (κ3) is 6.24. The molecule has 10 heteroatoms. The summed E-state index contributed by atoms with van der Waals surface area (Å²) in [5.41, 5.74) is 0.496. The Morgan fingerprint density at radius 2 is 1.84 bits per heavy atom. The maximum Gasteiger partial charge on any atom is 0.305 e. The van der Waals surface area contributed by atoms with Gasteiger partial charge >= 0.3 is 5.97 Å². The van der Waals surface area contributed by atoms with E-state index in [0.29, 0.717) is 17.1 Å². The number of carbonyl (C=O) groups excluding carboxylic acids is 1. The second-order valence-corrected chi connectivity index (χ2v) is 7.44. The first-order valence-electron chi connectivity index (χ1n) is 7.22. The lowest BCUT2D eigenvalue weighted by molar-refractivity contribution is -0.137. The number of sulfonamides is 1. The molecule has 0 radical (unpaired) electrons. The summed E-state index contributed by atoms with van der Waals surface area (Å²) in [5, 5.41) is 11.6. The van der Waals surface area contributed by atoms with Gasteiger partial charge in [0.2, 0.25) is 15.9 Å². The van der Waals surface area contributed by atoms with E-state index in [1.54, 1.807) is 18.2 Å². The van der Waals surface area contributed by atoms with E-state index in [4.69, 9.17) is 14.6 Å². The summed E-state index contributed by atoms with van der Waals surface area (Å²) in [5.74, 6) is -0.883. The molecule has 25 heavy (non-hydrogen) atoms. The molecule has 140 valence electrons. The van der Waals surface area contributed by atoms with Crippen LogP contribution in [0.15, 0.2) is 18.2 Å². The van der Waals surface area contributed by atoms with E-state index in [9.17, 15) is 18.0 Å². The molecule has 0 fully saturated rings. The molecule has 0 aliphatic carbocycles. The summed E-state index contributed by atoms with van der Waals surface area (Å²) in [7, 11) is 0.645. The van der Waals surface area contributed by atoms with E-state index in [-0.39, 0.29) is 6.42 Å². The smallest absolute Gasteiger partial charge is 0.305 e. The van der Waals surface area contributed by atoms with Gasteiger partial charge in [-0.2, -0.15) is 4.31 Å². The molecule has 0 spiro atoms. The van der Waals surface area contributed by atoms with Gasteiger partial charge in [-0.15, -0.1) is 0 Å². The van der Waals surface area contributed by atoms with E-state index >= 15 is 0 Å². The molecule has 1 aromatic rings. The summed E-state index contributed by atoms with van der Waals surface area (Å²) >= 11 is 0. The highest BCUT2D eigenvalue weighted by molar-refractivity contribution is 7.88. The Morgan fingerprint density at radius 3 is 2.32 bits per heavy atom. The molecule has 0 saturated carbocycles. The van der Waals surface area contributed by atoms with Crippen molar-refractivity contribution in [2.24, 2.45) is 0 Å². The van der Waals surface area contributed by atoms with Gasteiger partial charge in [0.15, 0.2) is 11.5 Å². The number of hydrogen-bond acceptors (Lipinski definition) is 6. The summed E-state index contributed by atoms with van der Waals surface area (Å²) < 4.78 is 33.9. The number of benzene rings is 1. The lowest BCUT2D eigenvalue weighted by Gasteiger charge is -2.21. The number of rotatable bonds is 9. The van der Waals surface area contributed by atoms with Crippen molar-refractivity contribution < 1.29 is 32.6 Å². The highest BCUT2D eigenvalue weighted by Crippen LogP contribution is 2.30. The van der Waals surface area contributed by atoms with Crippen molar-refractivity contribution in [3.63, 3.8) is 0 Å². The molecule has 0 saturated heterocycles. The van der Waals surface area contributed by atoms with E-state index in [0.717, 1.165) is 10.6 Å². The van der Waals surface area contributed by atoms with Crippen LogP contribution in [-0.2, 0) is 19.6 Å². The quantitative estimate of drug-likeness (QED) is 0.634. The molecule has 0 aliphatic rings. The predicted molar refractivity (Wildman–Crippen MR) is 90.2 cm³/mol. The number of amides is 1. The van der Waals surface area contributed by atoms with Gasteiger partial charge in [-0.1, -0.05) is 6.07 Å². The molecule has 1 aromatic carbocycles. The van der Waals surface area contributed by atoms with E-state index in [2.05, 4.69) is 5.32 Å². The van der Waals surface area contributed by atoms with Crippen molar-refractivity contribution in [1.29, 1.82) is 0 Å². The lowest BCUT2D eigenvalue weighted by Crippen LogP contribution is -2.39. The minimum absolute atomic E-state index is 0.371. The van der Waals surface area contributed by atoms with E-state index in [1.807, 2.05) is 0 Å². The molecule has 0 aliphatic heterocycles. The number of methoxy groups -OCH3 is 2. The van der Waals surface area contributed by atoms with Gasteiger partial charge in [0.05, 0.1) is 39.5 Å². The Labute approximate surface area is 146 Å². The first-order valence-corrected chi connectivity index (χ1v) is 9.07. The van der Waals surface area contributed by atoms with Crippen LogP contribution in [0.3, 0.4) is 0 Å². The number of hydrogen-bond donors (Lipinski definition) is 2. The van der Waals surface area contributed by atoms with Gasteiger partial charge in [0.25, 0.3) is 0 Å². The molecular formula is C15H22N2O7S. The molecular weight excluding hydrogens is 352 g/mol. The van der Waals surface area contributed by atoms with Gasteiger partial charge in [0, 0.05) is 7.05 Å². The zero-order valence-corrected chi connectivity index (χ0v) is 15.3. The first kappa shape index (κ1) is 20.7. The molecule has 0 heterocycles. The van der Waals surface area contributed by atoms with Crippen LogP contribution in [0.1, 0.15) is 18.0 Å². The lowest BCUT2D eigenvalue weighted by atomic mass is 10.0. The van der Waals surface area contributed by atoms with Crippen LogP contribution >= 0.6 is 0 Å². The minimum atomic E-state index is -3.52. The Hall–Kier alpha value is -2.33. The van der Waals surface area contributed by atoms with Gasteiger partial charge in [-0.05, 0) is 17.7 Å². The monoisotopic (exact) mass is 374 g/mol. The van der Waals surface area contributed by atoms with Crippen molar-refractivity contribution in [3.05, 3.63) is 23.8 Å². The number of likely N-dealkylation sites (N-methyl/N-ethyl adjacent to an activating group) is 1. The summed E-state index contributed by atoms with van der Waals surface area (Å²) in [6, 6.07) is 3.91. The fourth-order valence-electron chi connectivity index (χ4n) is 2.06. The molecule has 1 atom stereocenters. The van der Waals surface area contributed by atoms with Crippen LogP contribution < -0.4 is 14.8 Å². The number of carboxylic acid groups (broad SMARTS) is 1. The van der Waals surface area contributed by atoms with Gasteiger partial charge in [-0.3, -0.25) is 9.59 Å². The maximum absolute atomic E-state index is 12.1. The fourth-order valence-corrected chi connectivity index (χ4v) is 2.41. The largest absolute Gasteiger partial charge is 0.493 e. The Kier molecular flexibility index (Phi) is 7.19. The highest BCUT2D eigenvalue weighted by Gasteiger charge is 2.22. The van der Waals surface area contributed by atoms with Crippen LogP contribution in [0.4, 0.5) is 0 Å². The normalized spacial score (nSPS) is 12.5. The van der Waals surface area contributed by atoms with Crippen molar-refractivity contribution >= 4 is 21.9 Å². The highest BCUT2D eigenvalue weighted by atomic mass is 32.2. The molecule has 9 nitrogen and oxygen atoms in total. The molecule has 0 aromatic heterocycles. The number of nitrogens with one attached hydrogen (secondary N) is 1. The topological polar surface area (TPSA) is 122 Å². The van der Waals surface area contributed by atoms with Crippen molar-refractivity contribution in [2.45, 2.75) is 12.5 Å².